The van der Waals surface area contributed by atoms with E-state index in [4.69, 9.17) is 0 Å². The number of rotatable bonds is 6. The summed E-state index contributed by atoms with van der Waals surface area (Å²) in [6.07, 6.45) is 3.60. The summed E-state index contributed by atoms with van der Waals surface area (Å²) in [6, 6.07) is 17.9. The molecule has 0 saturated heterocycles. The third-order valence-corrected chi connectivity index (χ3v) is 3.85. The van der Waals surface area contributed by atoms with Gasteiger partial charge in [0.25, 0.3) is 0 Å². The van der Waals surface area contributed by atoms with Crippen molar-refractivity contribution in [1.29, 1.82) is 0 Å². The Kier molecular flexibility index (Phi) is 15.1. The van der Waals surface area contributed by atoms with Crippen molar-refractivity contribution in [3.05, 3.63) is 82.0 Å². The number of benzene rings is 2. The van der Waals surface area contributed by atoms with Gasteiger partial charge in [-0.25, -0.2) is 0 Å². The smallest absolute Gasteiger partial charge is 0.0590 e. The van der Waals surface area contributed by atoms with Crippen LogP contribution in [0.5, 0.6) is 0 Å². The minimum Gasteiger partial charge on any atom is -0.0656 e. The molecular formula is C25H36HgN. The quantitative estimate of drug-likeness (QED) is 0.295. The summed E-state index contributed by atoms with van der Waals surface area (Å²) in [4.78, 5) is 0. The molecule has 0 aromatic heterocycles. The summed E-state index contributed by atoms with van der Waals surface area (Å²) in [7, 11) is 1.97. The van der Waals surface area contributed by atoms with Crippen LogP contribution in [0.1, 0.15) is 57.7 Å². The average Bonchev–Trinajstić information content (AvgIpc) is 2.65. The summed E-state index contributed by atoms with van der Waals surface area (Å²) in [5.74, 6) is 0. The van der Waals surface area contributed by atoms with Crippen LogP contribution in [0.4, 0.5) is 0 Å². The summed E-state index contributed by atoms with van der Waals surface area (Å²) in [5.41, 5.74) is 6.34. The Balaban J connectivity index is 0.000000997. The molecule has 0 aliphatic rings. The predicted octanol–water partition coefficient (Wildman–Crippen LogP) is 7.24. The van der Waals surface area contributed by atoms with Gasteiger partial charge in [-0.3, -0.25) is 0 Å². The van der Waals surface area contributed by atoms with Crippen LogP contribution in [0, 0.1) is 0 Å². The third-order valence-electron chi connectivity index (χ3n) is 3.85. The maximum Gasteiger partial charge on any atom is -0.0590 e. The van der Waals surface area contributed by atoms with E-state index in [0.717, 1.165) is 38.1 Å². The SMILES string of the molecule is C=C(C)C(NC)c1ccc(-c2ccc(CCC)cc2)cc1.C=[CH][Hg].CCC. The second-order valence-electron chi connectivity index (χ2n) is 6.63. The molecule has 2 aromatic carbocycles. The van der Waals surface area contributed by atoms with Gasteiger partial charge in [0, 0.05) is 0 Å². The molecule has 0 spiro atoms. The number of aryl methyl sites for hydroxylation is 1. The van der Waals surface area contributed by atoms with Crippen LogP contribution in [0.3, 0.4) is 0 Å². The molecule has 1 atom stereocenters. The first-order valence-electron chi connectivity index (χ1n) is 9.90. The van der Waals surface area contributed by atoms with E-state index in [9.17, 15) is 0 Å². The van der Waals surface area contributed by atoms with Gasteiger partial charge in [0.2, 0.25) is 0 Å². The Labute approximate surface area is 184 Å². The topological polar surface area (TPSA) is 12.0 Å². The minimum atomic E-state index is 0.228. The van der Waals surface area contributed by atoms with Gasteiger partial charge in [-0.05, 0) is 42.6 Å². The molecule has 0 aliphatic carbocycles. The monoisotopic (exact) mass is 552 g/mol. The number of likely N-dealkylation sites (N-methyl/N-ethyl adjacent to an activating group) is 1. The molecule has 27 heavy (non-hydrogen) atoms. The first kappa shape index (κ1) is 25.8. The molecule has 0 fully saturated rings. The Morgan fingerprint density at radius 3 is 1.74 bits per heavy atom. The zero-order chi connectivity index (χ0) is 20.7. The summed E-state index contributed by atoms with van der Waals surface area (Å²) < 4.78 is 1.94. The Hall–Kier alpha value is -1.18. The Morgan fingerprint density at radius 1 is 1.00 bits per heavy atom. The van der Waals surface area contributed by atoms with Gasteiger partial charge in [-0.15, -0.1) is 0 Å². The molecule has 1 unspecified atom stereocenters. The molecule has 0 radical (unpaired) electrons. The van der Waals surface area contributed by atoms with Crippen molar-refractivity contribution in [2.24, 2.45) is 0 Å². The fourth-order valence-corrected chi connectivity index (χ4v) is 2.72. The first-order valence-corrected chi connectivity index (χ1v) is 13.1. The summed E-state index contributed by atoms with van der Waals surface area (Å²) in [6.45, 7) is 16.0. The molecule has 0 saturated carbocycles. The van der Waals surface area contributed by atoms with Crippen molar-refractivity contribution in [3.63, 3.8) is 0 Å². The molecule has 1 nitrogen and oxygen atoms in total. The van der Waals surface area contributed by atoms with E-state index < -0.39 is 0 Å². The van der Waals surface area contributed by atoms with Gasteiger partial charge in [-0.2, -0.15) is 0 Å². The van der Waals surface area contributed by atoms with E-state index in [2.05, 4.69) is 94.7 Å². The fourth-order valence-electron chi connectivity index (χ4n) is 2.72. The molecule has 0 heterocycles. The Bertz CT molecular complexity index is 641. The fraction of sp³-hybridized carbons (Fsp3) is 0.360. The second-order valence-corrected chi connectivity index (χ2v) is 8.88. The van der Waals surface area contributed by atoms with Crippen LogP contribution in [-0.4, -0.2) is 7.05 Å². The normalized spacial score (nSPS) is 10.6. The van der Waals surface area contributed by atoms with Crippen molar-refractivity contribution in [1.82, 2.24) is 5.32 Å². The number of nitrogens with one attached hydrogen (secondary N) is 1. The van der Waals surface area contributed by atoms with E-state index in [0.29, 0.717) is 0 Å². The van der Waals surface area contributed by atoms with Gasteiger partial charge >= 0.3 is 36.3 Å². The maximum absolute atomic E-state index is 4.05. The molecule has 1 N–H and O–H groups in total. The molecule has 0 bridgehead atoms. The zero-order valence-electron chi connectivity index (χ0n) is 18.0. The Morgan fingerprint density at radius 2 is 1.41 bits per heavy atom. The molecule has 0 amide bonds. The van der Waals surface area contributed by atoms with Crippen LogP contribution in [0.2, 0.25) is 0 Å². The van der Waals surface area contributed by atoms with Crippen LogP contribution < -0.4 is 5.32 Å². The van der Waals surface area contributed by atoms with E-state index in [1.807, 2.05) is 10.6 Å². The van der Waals surface area contributed by atoms with Crippen molar-refractivity contribution in [2.45, 2.75) is 53.0 Å². The molecular weight excluding hydrogens is 515 g/mol. The molecule has 2 rings (SSSR count). The predicted molar refractivity (Wildman–Crippen MR) is 119 cm³/mol. The van der Waals surface area contributed by atoms with Crippen LogP contribution in [0.15, 0.2) is 70.8 Å². The van der Waals surface area contributed by atoms with Gasteiger partial charge < -0.3 is 5.32 Å². The third kappa shape index (κ3) is 10.1. The van der Waals surface area contributed by atoms with Crippen LogP contribution in [0.25, 0.3) is 11.1 Å². The van der Waals surface area contributed by atoms with E-state index in [-0.39, 0.29) is 6.04 Å². The number of hydrogen-bond donors (Lipinski definition) is 1. The summed E-state index contributed by atoms with van der Waals surface area (Å²) >= 11 is 0.830. The minimum absolute atomic E-state index is 0.228. The van der Waals surface area contributed by atoms with Gasteiger partial charge in [-0.1, -0.05) is 94.3 Å². The molecule has 0 aliphatic heterocycles. The van der Waals surface area contributed by atoms with Gasteiger partial charge in [0.15, 0.2) is 0 Å². The van der Waals surface area contributed by atoms with Gasteiger partial charge in [0.05, 0.1) is 6.04 Å². The van der Waals surface area contributed by atoms with E-state index in [1.54, 1.807) is 0 Å². The molecule has 143 valence electrons. The summed E-state index contributed by atoms with van der Waals surface area (Å²) in [5, 5.41) is 3.30. The van der Waals surface area contributed by atoms with E-state index >= 15 is 0 Å². The van der Waals surface area contributed by atoms with E-state index in [1.165, 1.54) is 35.1 Å². The zero-order valence-corrected chi connectivity index (χ0v) is 23.5. The second kappa shape index (κ2) is 15.8. The number of hydrogen-bond acceptors (Lipinski definition) is 1. The average molecular weight is 551 g/mol. The van der Waals surface area contributed by atoms with Crippen molar-refractivity contribution in [3.8, 4) is 11.1 Å². The standard InChI is InChI=1S/C20H25N.C3H8.C2H3.Hg/c1-5-6-16-7-9-17(10-8-16)18-11-13-19(14-12-18)20(21-4)15(2)3;1-3-2;1-2;/h7-14,20-21H,2,5-6H2,1,3-4H3;3H2,1-2H3;1H,2H2;. The van der Waals surface area contributed by atoms with Crippen molar-refractivity contribution in [2.75, 3.05) is 7.05 Å². The van der Waals surface area contributed by atoms with Crippen LogP contribution in [-0.2, 0) is 32.5 Å². The first-order chi connectivity index (χ1) is 13.0. The maximum atomic E-state index is 4.05. The van der Waals surface area contributed by atoms with Crippen LogP contribution >= 0.6 is 0 Å². The molecule has 2 aromatic rings. The van der Waals surface area contributed by atoms with Crippen molar-refractivity contribution < 1.29 is 26.1 Å². The van der Waals surface area contributed by atoms with Gasteiger partial charge in [0.1, 0.15) is 0 Å². The largest absolute Gasteiger partial charge is 0.0656 e. The van der Waals surface area contributed by atoms with Crippen molar-refractivity contribution >= 4 is 0 Å². The molecule has 2 heteroatoms.